The number of aryl methyl sites for hydroxylation is 1. The van der Waals surface area contributed by atoms with Gasteiger partial charge in [-0.3, -0.25) is 9.78 Å². The fraction of sp³-hybridized carbons (Fsp3) is 0.308. The first-order chi connectivity index (χ1) is 16.8. The molecule has 0 bridgehead atoms. The first kappa shape index (κ1) is 24.4. The van der Waals surface area contributed by atoms with Gasteiger partial charge >= 0.3 is 11.9 Å². The third-order valence-electron chi connectivity index (χ3n) is 6.32. The second-order valence-corrected chi connectivity index (χ2v) is 8.73. The first-order valence-electron chi connectivity index (χ1n) is 11.3. The SMILES string of the molecule is COC(=O)CCN1C(=S)N[C@@H](c2ccccn2)[C@H]1c1cc(C)n(-c2ccc(C(=O)OC)cc2)c1C. The van der Waals surface area contributed by atoms with Crippen molar-refractivity contribution in [3.63, 3.8) is 0 Å². The molecule has 4 rings (SSSR count). The van der Waals surface area contributed by atoms with Crippen molar-refractivity contribution in [2.24, 2.45) is 0 Å². The maximum atomic E-state index is 11.9. The first-order valence-corrected chi connectivity index (χ1v) is 11.7. The number of methoxy groups -OCH3 is 2. The van der Waals surface area contributed by atoms with Crippen LogP contribution in [0, 0.1) is 13.8 Å². The molecule has 0 radical (unpaired) electrons. The van der Waals surface area contributed by atoms with Crippen LogP contribution >= 0.6 is 12.2 Å². The monoisotopic (exact) mass is 492 g/mol. The van der Waals surface area contributed by atoms with Crippen LogP contribution in [-0.2, 0) is 14.3 Å². The number of pyridine rings is 1. The second-order valence-electron chi connectivity index (χ2n) is 8.35. The summed E-state index contributed by atoms with van der Waals surface area (Å²) in [6.07, 6.45) is 1.98. The highest BCUT2D eigenvalue weighted by atomic mass is 32.1. The minimum Gasteiger partial charge on any atom is -0.469 e. The predicted octanol–water partition coefficient (Wildman–Crippen LogP) is 3.81. The van der Waals surface area contributed by atoms with E-state index in [1.54, 1.807) is 18.3 Å². The summed E-state index contributed by atoms with van der Waals surface area (Å²) in [4.78, 5) is 30.4. The summed E-state index contributed by atoms with van der Waals surface area (Å²) in [5, 5.41) is 3.99. The van der Waals surface area contributed by atoms with Crippen LogP contribution in [0.1, 0.15) is 51.5 Å². The van der Waals surface area contributed by atoms with E-state index in [0.717, 1.165) is 28.3 Å². The molecule has 1 aliphatic rings. The van der Waals surface area contributed by atoms with Crippen LogP contribution in [0.15, 0.2) is 54.7 Å². The van der Waals surface area contributed by atoms with Gasteiger partial charge in [0.25, 0.3) is 0 Å². The number of nitrogens with zero attached hydrogens (tertiary/aromatic N) is 3. The Kier molecular flexibility index (Phi) is 7.16. The molecule has 3 heterocycles. The zero-order valence-electron chi connectivity index (χ0n) is 20.1. The van der Waals surface area contributed by atoms with Crippen molar-refractivity contribution in [1.29, 1.82) is 0 Å². The van der Waals surface area contributed by atoms with Gasteiger partial charge in [-0.2, -0.15) is 0 Å². The molecule has 0 unspecified atom stereocenters. The molecule has 1 aromatic carbocycles. The van der Waals surface area contributed by atoms with Crippen molar-refractivity contribution >= 4 is 29.3 Å². The molecule has 9 heteroatoms. The van der Waals surface area contributed by atoms with E-state index in [-0.39, 0.29) is 30.4 Å². The van der Waals surface area contributed by atoms with E-state index in [0.29, 0.717) is 17.2 Å². The van der Waals surface area contributed by atoms with E-state index < -0.39 is 0 Å². The van der Waals surface area contributed by atoms with E-state index in [2.05, 4.69) is 27.9 Å². The lowest BCUT2D eigenvalue weighted by Crippen LogP contribution is -2.32. The number of benzene rings is 1. The maximum absolute atomic E-state index is 11.9. The zero-order chi connectivity index (χ0) is 25.1. The Balaban J connectivity index is 1.76. The molecule has 35 heavy (non-hydrogen) atoms. The van der Waals surface area contributed by atoms with E-state index in [9.17, 15) is 9.59 Å². The smallest absolute Gasteiger partial charge is 0.337 e. The normalized spacial score (nSPS) is 17.3. The molecule has 3 aromatic rings. The Hall–Kier alpha value is -3.72. The summed E-state index contributed by atoms with van der Waals surface area (Å²) in [5.74, 6) is -0.660. The molecular formula is C26H28N4O4S. The van der Waals surface area contributed by atoms with Crippen molar-refractivity contribution in [2.45, 2.75) is 32.4 Å². The molecule has 0 aliphatic carbocycles. The van der Waals surface area contributed by atoms with Crippen molar-refractivity contribution in [3.8, 4) is 5.69 Å². The number of carbonyl (C=O) groups is 2. The topological polar surface area (TPSA) is 85.7 Å². The number of aromatic nitrogens is 2. The Morgan fingerprint density at radius 3 is 2.46 bits per heavy atom. The molecule has 0 saturated carbocycles. The predicted molar refractivity (Wildman–Crippen MR) is 135 cm³/mol. The summed E-state index contributed by atoms with van der Waals surface area (Å²) >= 11 is 5.69. The average molecular weight is 493 g/mol. The highest BCUT2D eigenvalue weighted by Crippen LogP contribution is 2.41. The van der Waals surface area contributed by atoms with Crippen molar-refractivity contribution in [3.05, 3.63) is 82.9 Å². The van der Waals surface area contributed by atoms with Gasteiger partial charge < -0.3 is 24.3 Å². The van der Waals surface area contributed by atoms with Gasteiger partial charge in [0, 0.05) is 29.8 Å². The molecule has 1 fully saturated rings. The zero-order valence-corrected chi connectivity index (χ0v) is 21.0. The lowest BCUT2D eigenvalue weighted by Gasteiger charge is -2.28. The van der Waals surface area contributed by atoms with Gasteiger partial charge in [0.1, 0.15) is 0 Å². The van der Waals surface area contributed by atoms with Gasteiger partial charge in [0.05, 0.1) is 44.0 Å². The van der Waals surface area contributed by atoms with Crippen LogP contribution in [0.2, 0.25) is 0 Å². The third kappa shape index (κ3) is 4.77. The van der Waals surface area contributed by atoms with E-state index in [1.807, 2.05) is 42.2 Å². The quantitative estimate of drug-likeness (QED) is 0.394. The lowest BCUT2D eigenvalue weighted by molar-refractivity contribution is -0.140. The number of esters is 2. The molecule has 0 amide bonds. The average Bonchev–Trinajstić information content (AvgIpc) is 3.36. The number of hydrogen-bond acceptors (Lipinski definition) is 6. The maximum Gasteiger partial charge on any atom is 0.337 e. The third-order valence-corrected chi connectivity index (χ3v) is 6.67. The fourth-order valence-electron chi connectivity index (χ4n) is 4.65. The fourth-order valence-corrected chi connectivity index (χ4v) is 4.98. The second kappa shape index (κ2) is 10.3. The summed E-state index contributed by atoms with van der Waals surface area (Å²) in [6.45, 7) is 4.52. The van der Waals surface area contributed by atoms with Gasteiger partial charge in [0.2, 0.25) is 0 Å². The molecular weight excluding hydrogens is 464 g/mol. The molecule has 1 N–H and O–H groups in total. The van der Waals surface area contributed by atoms with Crippen LogP contribution in [0.5, 0.6) is 0 Å². The molecule has 0 spiro atoms. The highest BCUT2D eigenvalue weighted by molar-refractivity contribution is 7.80. The number of thiocarbonyl (C=S) groups is 1. The Morgan fingerprint density at radius 1 is 1.09 bits per heavy atom. The number of ether oxygens (including phenoxy) is 2. The van der Waals surface area contributed by atoms with Crippen LogP contribution in [0.4, 0.5) is 0 Å². The van der Waals surface area contributed by atoms with Gasteiger partial charge in [-0.15, -0.1) is 0 Å². The Labute approximate surface area is 209 Å². The molecule has 2 aromatic heterocycles. The van der Waals surface area contributed by atoms with Gasteiger partial charge in [-0.1, -0.05) is 6.07 Å². The van der Waals surface area contributed by atoms with Crippen LogP contribution in [0.3, 0.4) is 0 Å². The standard InChI is InChI=1S/C26H28N4O4S/c1-16-15-20(17(2)30(16)19-10-8-18(9-11-19)25(32)34-4)24-23(21-7-5-6-13-27-21)28-26(35)29(24)14-12-22(31)33-3/h5-11,13,15,23-24H,12,14H2,1-4H3,(H,28,35)/t23-,24+/m0/s1. The molecule has 2 atom stereocenters. The summed E-state index contributed by atoms with van der Waals surface area (Å²) in [5.41, 5.74) is 5.44. The minimum atomic E-state index is -0.372. The lowest BCUT2D eigenvalue weighted by atomic mass is 9.96. The Bertz CT molecular complexity index is 1240. The summed E-state index contributed by atoms with van der Waals surface area (Å²) in [7, 11) is 2.75. The van der Waals surface area contributed by atoms with Crippen LogP contribution in [-0.4, -0.2) is 52.3 Å². The van der Waals surface area contributed by atoms with Crippen molar-refractivity contribution in [2.75, 3.05) is 20.8 Å². The van der Waals surface area contributed by atoms with E-state index >= 15 is 0 Å². The summed E-state index contributed by atoms with van der Waals surface area (Å²) in [6, 6.07) is 14.9. The molecule has 1 saturated heterocycles. The number of carbonyl (C=O) groups excluding carboxylic acids is 2. The van der Waals surface area contributed by atoms with Crippen molar-refractivity contribution < 1.29 is 19.1 Å². The summed E-state index contributed by atoms with van der Waals surface area (Å²) < 4.78 is 11.8. The van der Waals surface area contributed by atoms with Gasteiger partial charge in [-0.25, -0.2) is 4.79 Å². The molecule has 1 aliphatic heterocycles. The van der Waals surface area contributed by atoms with Crippen LogP contribution < -0.4 is 5.32 Å². The Morgan fingerprint density at radius 2 is 1.83 bits per heavy atom. The van der Waals surface area contributed by atoms with Gasteiger partial charge in [0.15, 0.2) is 5.11 Å². The minimum absolute atomic E-state index is 0.170. The molecule has 182 valence electrons. The largest absolute Gasteiger partial charge is 0.469 e. The number of rotatable bonds is 7. The van der Waals surface area contributed by atoms with E-state index in [1.165, 1.54) is 14.2 Å². The number of hydrogen-bond donors (Lipinski definition) is 1. The highest BCUT2D eigenvalue weighted by Gasteiger charge is 2.41. The van der Waals surface area contributed by atoms with E-state index in [4.69, 9.17) is 21.7 Å². The molecule has 8 nitrogen and oxygen atoms in total. The van der Waals surface area contributed by atoms with Gasteiger partial charge in [-0.05, 0) is 74.1 Å². The van der Waals surface area contributed by atoms with Crippen LogP contribution in [0.25, 0.3) is 5.69 Å². The van der Waals surface area contributed by atoms with Crippen molar-refractivity contribution in [1.82, 2.24) is 19.8 Å². The number of nitrogens with one attached hydrogen (secondary N) is 1.